The summed E-state index contributed by atoms with van der Waals surface area (Å²) < 4.78 is 0. The minimum atomic E-state index is 0.249. The van der Waals surface area contributed by atoms with Crippen LogP contribution in [0.2, 0.25) is 0 Å². The lowest BCUT2D eigenvalue weighted by Crippen LogP contribution is -2.36. The summed E-state index contributed by atoms with van der Waals surface area (Å²) in [5.74, 6) is 0.249. The predicted octanol–water partition coefficient (Wildman–Crippen LogP) is 2.88. The van der Waals surface area contributed by atoms with Crippen LogP contribution < -0.4 is 0 Å². The lowest BCUT2D eigenvalue weighted by Gasteiger charge is -2.27. The zero-order valence-corrected chi connectivity index (χ0v) is 10.2. The van der Waals surface area contributed by atoms with Crippen molar-refractivity contribution in [1.82, 2.24) is 4.90 Å². The fraction of sp³-hybridized carbons (Fsp3) is 0.400. The molecule has 2 heteroatoms. The molecule has 0 radical (unpaired) electrons. The zero-order chi connectivity index (χ0) is 12.1. The van der Waals surface area contributed by atoms with E-state index in [1.165, 1.54) is 6.42 Å². The zero-order valence-electron chi connectivity index (χ0n) is 10.2. The molecule has 0 N–H and O–H groups in total. The molecule has 0 aliphatic carbocycles. The van der Waals surface area contributed by atoms with Crippen LogP contribution in [0.3, 0.4) is 0 Å². The van der Waals surface area contributed by atoms with Crippen molar-refractivity contribution in [1.29, 1.82) is 0 Å². The molecule has 0 saturated carbocycles. The molecule has 0 unspecified atom stereocenters. The number of benzene rings is 1. The summed E-state index contributed by atoms with van der Waals surface area (Å²) in [6.45, 7) is 5.64. The van der Waals surface area contributed by atoms with Crippen molar-refractivity contribution in [3.8, 4) is 0 Å². The molecule has 1 aliphatic rings. The Kier molecular flexibility index (Phi) is 3.97. The van der Waals surface area contributed by atoms with E-state index in [9.17, 15) is 4.79 Å². The summed E-state index contributed by atoms with van der Waals surface area (Å²) in [4.78, 5) is 14.1. The highest BCUT2D eigenvalue weighted by molar-refractivity contribution is 5.80. The number of nitrogens with zero attached hydrogens (tertiary/aromatic N) is 1. The van der Waals surface area contributed by atoms with Gasteiger partial charge in [0.2, 0.25) is 5.91 Å². The van der Waals surface area contributed by atoms with Crippen LogP contribution in [0.5, 0.6) is 0 Å². The number of carbonyl (C=O) groups is 1. The highest BCUT2D eigenvalue weighted by Gasteiger charge is 2.17. The first-order chi connectivity index (χ1) is 8.31. The van der Waals surface area contributed by atoms with E-state index in [1.807, 2.05) is 35.2 Å². The third kappa shape index (κ3) is 2.96. The maximum absolute atomic E-state index is 12.1. The molecular weight excluding hydrogens is 210 g/mol. The van der Waals surface area contributed by atoms with Crippen LogP contribution in [-0.2, 0) is 11.2 Å². The maximum atomic E-state index is 12.1. The topological polar surface area (TPSA) is 20.3 Å². The summed E-state index contributed by atoms with van der Waals surface area (Å²) in [6.07, 6.45) is 5.87. The Balaban J connectivity index is 2.04. The van der Waals surface area contributed by atoms with Gasteiger partial charge in [-0.15, -0.1) is 0 Å². The first-order valence-electron chi connectivity index (χ1n) is 6.29. The van der Waals surface area contributed by atoms with Crippen LogP contribution in [0.4, 0.5) is 0 Å². The lowest BCUT2D eigenvalue weighted by molar-refractivity contribution is -0.131. The summed E-state index contributed by atoms with van der Waals surface area (Å²) in [6, 6.07) is 7.97. The van der Waals surface area contributed by atoms with Gasteiger partial charge < -0.3 is 4.90 Å². The summed E-state index contributed by atoms with van der Waals surface area (Å²) in [5.41, 5.74) is 2.15. The van der Waals surface area contributed by atoms with Crippen molar-refractivity contribution in [3.05, 3.63) is 42.0 Å². The molecule has 1 saturated heterocycles. The van der Waals surface area contributed by atoms with Crippen LogP contribution in [0.1, 0.15) is 30.4 Å². The summed E-state index contributed by atoms with van der Waals surface area (Å²) >= 11 is 0. The molecule has 1 amide bonds. The summed E-state index contributed by atoms with van der Waals surface area (Å²) in [5, 5.41) is 0. The molecule has 90 valence electrons. The van der Waals surface area contributed by atoms with Gasteiger partial charge in [0.1, 0.15) is 0 Å². The van der Waals surface area contributed by atoms with E-state index in [2.05, 4.69) is 6.58 Å². The second-order valence-electron chi connectivity index (χ2n) is 4.52. The molecule has 1 aromatic carbocycles. The molecule has 0 atom stereocenters. The minimum Gasteiger partial charge on any atom is -0.342 e. The molecule has 2 nitrogen and oxygen atoms in total. The van der Waals surface area contributed by atoms with Crippen molar-refractivity contribution in [2.24, 2.45) is 0 Å². The Morgan fingerprint density at radius 1 is 1.24 bits per heavy atom. The first-order valence-corrected chi connectivity index (χ1v) is 6.29. The third-order valence-corrected chi connectivity index (χ3v) is 3.33. The van der Waals surface area contributed by atoms with Crippen LogP contribution in [0.25, 0.3) is 6.08 Å². The second kappa shape index (κ2) is 5.67. The van der Waals surface area contributed by atoms with Gasteiger partial charge in [0.25, 0.3) is 0 Å². The predicted molar refractivity (Wildman–Crippen MR) is 70.7 cm³/mol. The largest absolute Gasteiger partial charge is 0.342 e. The number of hydrogen-bond donors (Lipinski definition) is 0. The highest BCUT2D eigenvalue weighted by Crippen LogP contribution is 2.14. The standard InChI is InChI=1S/C15H19NO/c1-2-13-8-4-5-9-14(13)12-15(17)16-10-6-3-7-11-16/h2,4-5,8-9H,1,3,6-7,10-12H2. The summed E-state index contributed by atoms with van der Waals surface area (Å²) in [7, 11) is 0. The number of piperidine rings is 1. The van der Waals surface area contributed by atoms with Crippen molar-refractivity contribution < 1.29 is 4.79 Å². The van der Waals surface area contributed by atoms with E-state index in [1.54, 1.807) is 0 Å². The average molecular weight is 229 g/mol. The third-order valence-electron chi connectivity index (χ3n) is 3.33. The maximum Gasteiger partial charge on any atom is 0.227 e. The van der Waals surface area contributed by atoms with Gasteiger partial charge in [-0.2, -0.15) is 0 Å². The van der Waals surface area contributed by atoms with Gasteiger partial charge in [-0.3, -0.25) is 4.79 Å². The van der Waals surface area contributed by atoms with Gasteiger partial charge in [0, 0.05) is 13.1 Å². The quantitative estimate of drug-likeness (QED) is 0.780. The normalized spacial score (nSPS) is 15.6. The van der Waals surface area contributed by atoms with Gasteiger partial charge in [-0.1, -0.05) is 36.9 Å². The van der Waals surface area contributed by atoms with Gasteiger partial charge >= 0.3 is 0 Å². The van der Waals surface area contributed by atoms with E-state index in [0.717, 1.165) is 37.1 Å². The van der Waals surface area contributed by atoms with Crippen LogP contribution in [-0.4, -0.2) is 23.9 Å². The molecule has 1 fully saturated rings. The number of likely N-dealkylation sites (tertiary alicyclic amines) is 1. The van der Waals surface area contributed by atoms with Gasteiger partial charge in [0.15, 0.2) is 0 Å². The smallest absolute Gasteiger partial charge is 0.227 e. The SMILES string of the molecule is C=Cc1ccccc1CC(=O)N1CCCCC1. The Morgan fingerprint density at radius 3 is 2.65 bits per heavy atom. The minimum absolute atomic E-state index is 0.249. The van der Waals surface area contributed by atoms with Crippen LogP contribution in [0.15, 0.2) is 30.8 Å². The fourth-order valence-corrected chi connectivity index (χ4v) is 2.31. The van der Waals surface area contributed by atoms with E-state index in [-0.39, 0.29) is 5.91 Å². The number of amides is 1. The van der Waals surface area contributed by atoms with Gasteiger partial charge in [-0.05, 0) is 30.4 Å². The molecule has 1 aliphatic heterocycles. The van der Waals surface area contributed by atoms with Crippen molar-refractivity contribution in [3.63, 3.8) is 0 Å². The number of rotatable bonds is 3. The average Bonchev–Trinajstić information content (AvgIpc) is 2.40. The number of carbonyl (C=O) groups excluding carboxylic acids is 1. The monoisotopic (exact) mass is 229 g/mol. The van der Waals surface area contributed by atoms with Crippen LogP contribution in [0, 0.1) is 0 Å². The Hall–Kier alpha value is -1.57. The second-order valence-corrected chi connectivity index (χ2v) is 4.52. The molecule has 0 spiro atoms. The Bertz CT molecular complexity index is 405. The van der Waals surface area contributed by atoms with E-state index in [0.29, 0.717) is 6.42 Å². The Labute approximate surface area is 103 Å². The lowest BCUT2D eigenvalue weighted by atomic mass is 10.0. The molecule has 1 heterocycles. The van der Waals surface area contributed by atoms with E-state index >= 15 is 0 Å². The number of hydrogen-bond acceptors (Lipinski definition) is 1. The molecule has 17 heavy (non-hydrogen) atoms. The molecule has 0 bridgehead atoms. The van der Waals surface area contributed by atoms with E-state index < -0.39 is 0 Å². The fourth-order valence-electron chi connectivity index (χ4n) is 2.31. The molecule has 2 rings (SSSR count). The van der Waals surface area contributed by atoms with Crippen molar-refractivity contribution in [2.45, 2.75) is 25.7 Å². The van der Waals surface area contributed by atoms with Gasteiger partial charge in [0.05, 0.1) is 6.42 Å². The van der Waals surface area contributed by atoms with E-state index in [4.69, 9.17) is 0 Å². The first kappa shape index (κ1) is 11.9. The highest BCUT2D eigenvalue weighted by atomic mass is 16.2. The van der Waals surface area contributed by atoms with Crippen molar-refractivity contribution in [2.75, 3.05) is 13.1 Å². The molecular formula is C15H19NO. The molecule has 0 aromatic heterocycles. The van der Waals surface area contributed by atoms with Crippen molar-refractivity contribution >= 4 is 12.0 Å². The Morgan fingerprint density at radius 2 is 1.94 bits per heavy atom. The van der Waals surface area contributed by atoms with Gasteiger partial charge in [-0.25, -0.2) is 0 Å². The van der Waals surface area contributed by atoms with Crippen LogP contribution >= 0.6 is 0 Å². The molecule has 1 aromatic rings.